The zero-order chi connectivity index (χ0) is 20.4. The molecule has 2 aromatic carbocycles. The maximum Gasteiger partial charge on any atom is 0.252 e. The summed E-state index contributed by atoms with van der Waals surface area (Å²) in [5.74, 6) is 1.15. The summed E-state index contributed by atoms with van der Waals surface area (Å²) >= 11 is 0. The Hall–Kier alpha value is -3.02. The minimum Gasteiger partial charge on any atom is -0.454 e. The van der Waals surface area contributed by atoms with E-state index in [0.717, 1.165) is 6.42 Å². The number of benzene rings is 2. The van der Waals surface area contributed by atoms with Crippen LogP contribution in [0, 0.1) is 5.92 Å². The van der Waals surface area contributed by atoms with Crippen LogP contribution in [0.5, 0.6) is 11.5 Å². The van der Waals surface area contributed by atoms with Crippen LogP contribution in [-0.2, 0) is 17.8 Å². The van der Waals surface area contributed by atoms with Crippen molar-refractivity contribution in [2.24, 2.45) is 5.92 Å². The van der Waals surface area contributed by atoms with Crippen LogP contribution >= 0.6 is 0 Å². The van der Waals surface area contributed by atoms with Gasteiger partial charge in [0.05, 0.1) is 0 Å². The molecule has 6 heteroatoms. The number of nitrogens with zero attached hydrogens (tertiary/aromatic N) is 1. The third kappa shape index (κ3) is 4.21. The number of hydrogen-bond acceptors (Lipinski definition) is 4. The molecule has 0 fully saturated rings. The summed E-state index contributed by atoms with van der Waals surface area (Å²) in [5, 5.41) is 2.95. The van der Waals surface area contributed by atoms with Gasteiger partial charge in [0.15, 0.2) is 11.5 Å². The Kier molecular flexibility index (Phi) is 5.43. The molecule has 152 valence electrons. The summed E-state index contributed by atoms with van der Waals surface area (Å²) in [4.78, 5) is 28.0. The number of ether oxygens (including phenoxy) is 2. The summed E-state index contributed by atoms with van der Waals surface area (Å²) in [6.45, 7) is 5.52. The van der Waals surface area contributed by atoms with E-state index in [1.165, 1.54) is 11.1 Å². The Labute approximate surface area is 170 Å². The fourth-order valence-corrected chi connectivity index (χ4v) is 3.88. The zero-order valence-electron chi connectivity index (χ0n) is 16.8. The van der Waals surface area contributed by atoms with E-state index in [1.807, 2.05) is 17.0 Å². The highest BCUT2D eigenvalue weighted by molar-refractivity contribution is 5.98. The first-order chi connectivity index (χ1) is 14.0. The standard InChI is InChI=1S/C23H26N2O4/c1-15(2)11-19(23(27)25-10-9-16-5-3-4-6-18(16)13-25)24-22(26)17-7-8-20-21(12-17)29-14-28-20/h3-8,12,15,19H,9-11,13-14H2,1-2H3,(H,24,26)/t19-/m1/s1. The quantitative estimate of drug-likeness (QED) is 0.846. The summed E-state index contributed by atoms with van der Waals surface area (Å²) in [6.07, 6.45) is 1.43. The second kappa shape index (κ2) is 8.15. The lowest BCUT2D eigenvalue weighted by Gasteiger charge is -2.32. The second-order valence-electron chi connectivity index (χ2n) is 8.00. The molecular formula is C23H26N2O4. The van der Waals surface area contributed by atoms with Gasteiger partial charge in [-0.05, 0) is 48.1 Å². The van der Waals surface area contributed by atoms with Crippen LogP contribution in [0.3, 0.4) is 0 Å². The minimum atomic E-state index is -0.557. The van der Waals surface area contributed by atoms with E-state index < -0.39 is 6.04 Å². The van der Waals surface area contributed by atoms with Gasteiger partial charge in [-0.15, -0.1) is 0 Å². The van der Waals surface area contributed by atoms with Crippen LogP contribution in [-0.4, -0.2) is 36.1 Å². The molecule has 1 N–H and O–H groups in total. The number of rotatable bonds is 5. The van der Waals surface area contributed by atoms with Gasteiger partial charge in [-0.1, -0.05) is 38.1 Å². The maximum absolute atomic E-state index is 13.3. The molecule has 1 atom stereocenters. The Morgan fingerprint density at radius 1 is 1.07 bits per heavy atom. The normalized spacial score (nSPS) is 15.8. The minimum absolute atomic E-state index is 0.0257. The molecule has 0 aliphatic carbocycles. The number of amides is 2. The molecule has 0 saturated heterocycles. The summed E-state index contributed by atoms with van der Waals surface area (Å²) in [5.41, 5.74) is 2.93. The van der Waals surface area contributed by atoms with Crippen LogP contribution in [0.4, 0.5) is 0 Å². The highest BCUT2D eigenvalue weighted by atomic mass is 16.7. The molecule has 0 saturated carbocycles. The third-order valence-corrected chi connectivity index (χ3v) is 5.39. The number of fused-ring (bicyclic) bond motifs is 2. The molecule has 0 unspecified atom stereocenters. The molecule has 0 bridgehead atoms. The third-order valence-electron chi connectivity index (χ3n) is 5.39. The van der Waals surface area contributed by atoms with Crippen LogP contribution in [0.2, 0.25) is 0 Å². The Balaban J connectivity index is 1.48. The van der Waals surface area contributed by atoms with Crippen molar-refractivity contribution >= 4 is 11.8 Å². The molecule has 6 nitrogen and oxygen atoms in total. The van der Waals surface area contributed by atoms with Crippen LogP contribution in [0.1, 0.15) is 41.8 Å². The predicted molar refractivity (Wildman–Crippen MR) is 109 cm³/mol. The monoisotopic (exact) mass is 394 g/mol. The smallest absolute Gasteiger partial charge is 0.252 e. The fraction of sp³-hybridized carbons (Fsp3) is 0.391. The van der Waals surface area contributed by atoms with Gasteiger partial charge < -0.3 is 19.7 Å². The Morgan fingerprint density at radius 3 is 2.62 bits per heavy atom. The molecule has 2 aliphatic heterocycles. The van der Waals surface area contributed by atoms with Crippen molar-refractivity contribution in [2.75, 3.05) is 13.3 Å². The van der Waals surface area contributed by atoms with Gasteiger partial charge in [-0.3, -0.25) is 9.59 Å². The summed E-state index contributed by atoms with van der Waals surface area (Å²) < 4.78 is 10.7. The van der Waals surface area contributed by atoms with Crippen molar-refractivity contribution in [3.63, 3.8) is 0 Å². The fourth-order valence-electron chi connectivity index (χ4n) is 3.88. The van der Waals surface area contributed by atoms with E-state index in [9.17, 15) is 9.59 Å². The average molecular weight is 394 g/mol. The van der Waals surface area contributed by atoms with E-state index in [2.05, 4.69) is 31.3 Å². The molecular weight excluding hydrogens is 368 g/mol. The molecule has 29 heavy (non-hydrogen) atoms. The van der Waals surface area contributed by atoms with Crippen LogP contribution in [0.25, 0.3) is 0 Å². The zero-order valence-corrected chi connectivity index (χ0v) is 16.8. The molecule has 2 heterocycles. The van der Waals surface area contributed by atoms with Gasteiger partial charge in [-0.2, -0.15) is 0 Å². The lowest BCUT2D eigenvalue weighted by molar-refractivity contribution is -0.134. The van der Waals surface area contributed by atoms with E-state index in [1.54, 1.807) is 18.2 Å². The number of nitrogens with one attached hydrogen (secondary N) is 1. The number of hydrogen-bond donors (Lipinski definition) is 1. The SMILES string of the molecule is CC(C)C[C@@H](NC(=O)c1ccc2c(c1)OCO2)C(=O)N1CCc2ccccc2C1. The van der Waals surface area contributed by atoms with Crippen LogP contribution in [0.15, 0.2) is 42.5 Å². The maximum atomic E-state index is 13.3. The first-order valence-corrected chi connectivity index (χ1v) is 10.1. The predicted octanol–water partition coefficient (Wildman–Crippen LogP) is 3.14. The molecule has 0 aromatic heterocycles. The molecule has 0 spiro atoms. The van der Waals surface area contributed by atoms with Gasteiger partial charge in [0.2, 0.25) is 12.7 Å². The van der Waals surface area contributed by atoms with Crippen molar-refractivity contribution in [2.45, 2.75) is 39.3 Å². The summed E-state index contributed by atoms with van der Waals surface area (Å²) in [6, 6.07) is 12.7. The first-order valence-electron chi connectivity index (χ1n) is 10.1. The van der Waals surface area contributed by atoms with E-state index in [-0.39, 0.29) is 24.5 Å². The highest BCUT2D eigenvalue weighted by Gasteiger charge is 2.29. The highest BCUT2D eigenvalue weighted by Crippen LogP contribution is 2.32. The molecule has 2 aliphatic rings. The largest absolute Gasteiger partial charge is 0.454 e. The van der Waals surface area contributed by atoms with Crippen molar-refractivity contribution in [1.82, 2.24) is 10.2 Å². The molecule has 4 rings (SSSR count). The van der Waals surface area contributed by atoms with Crippen molar-refractivity contribution in [3.8, 4) is 11.5 Å². The van der Waals surface area contributed by atoms with Gasteiger partial charge in [-0.25, -0.2) is 0 Å². The first kappa shape index (κ1) is 19.3. The lowest BCUT2D eigenvalue weighted by atomic mass is 9.97. The average Bonchev–Trinajstić information content (AvgIpc) is 3.20. The Morgan fingerprint density at radius 2 is 1.83 bits per heavy atom. The topological polar surface area (TPSA) is 67.9 Å². The van der Waals surface area contributed by atoms with Crippen molar-refractivity contribution in [1.29, 1.82) is 0 Å². The van der Waals surface area contributed by atoms with Gasteiger partial charge in [0.1, 0.15) is 6.04 Å². The van der Waals surface area contributed by atoms with Gasteiger partial charge in [0.25, 0.3) is 5.91 Å². The van der Waals surface area contributed by atoms with Crippen molar-refractivity contribution in [3.05, 3.63) is 59.2 Å². The molecule has 0 radical (unpaired) electrons. The molecule has 2 aromatic rings. The van der Waals surface area contributed by atoms with Crippen molar-refractivity contribution < 1.29 is 19.1 Å². The second-order valence-corrected chi connectivity index (χ2v) is 8.00. The Bertz CT molecular complexity index is 925. The van der Waals surface area contributed by atoms with E-state index >= 15 is 0 Å². The molecule has 2 amide bonds. The van der Waals surface area contributed by atoms with Gasteiger partial charge in [0, 0.05) is 18.7 Å². The van der Waals surface area contributed by atoms with E-state index in [0.29, 0.717) is 36.6 Å². The van der Waals surface area contributed by atoms with Crippen LogP contribution < -0.4 is 14.8 Å². The van der Waals surface area contributed by atoms with Gasteiger partial charge >= 0.3 is 0 Å². The lowest BCUT2D eigenvalue weighted by Crippen LogP contribution is -2.50. The number of carbonyl (C=O) groups excluding carboxylic acids is 2. The summed E-state index contributed by atoms with van der Waals surface area (Å²) in [7, 11) is 0. The number of carbonyl (C=O) groups is 2. The van der Waals surface area contributed by atoms with E-state index in [4.69, 9.17) is 9.47 Å².